The van der Waals surface area contributed by atoms with E-state index in [-0.39, 0.29) is 0 Å². The minimum Gasteiger partial charge on any atom is -0.248 e. The third kappa shape index (κ3) is 4.18. The van der Waals surface area contributed by atoms with Crippen molar-refractivity contribution in [2.45, 2.75) is 0 Å². The van der Waals surface area contributed by atoms with E-state index in [1.807, 2.05) is 0 Å². The fraction of sp³-hybridized carbons (Fsp3) is 0. The maximum atomic E-state index is 5.04. The van der Waals surface area contributed by atoms with Gasteiger partial charge in [-0.2, -0.15) is 0 Å². The van der Waals surface area contributed by atoms with E-state index in [0.29, 0.717) is 0 Å². The van der Waals surface area contributed by atoms with Gasteiger partial charge in [0.2, 0.25) is 0 Å². The van der Waals surface area contributed by atoms with Gasteiger partial charge in [-0.25, -0.2) is 15.0 Å². The Bertz CT molecular complexity index is 2570. The monoisotopic (exact) mass is 559 g/mol. The van der Waals surface area contributed by atoms with E-state index >= 15 is 0 Å². The van der Waals surface area contributed by atoms with Crippen molar-refractivity contribution in [2.24, 2.45) is 0 Å². The molecule has 0 aliphatic rings. The Hall–Kier alpha value is -5.93. The highest BCUT2D eigenvalue weighted by Crippen LogP contribution is 2.31. The summed E-state index contributed by atoms with van der Waals surface area (Å²) in [6, 6.07) is 53.3. The highest BCUT2D eigenvalue weighted by Gasteiger charge is 2.09. The van der Waals surface area contributed by atoms with Gasteiger partial charge in [0.25, 0.3) is 0 Å². The van der Waals surface area contributed by atoms with Crippen molar-refractivity contribution in [3.8, 4) is 33.8 Å². The van der Waals surface area contributed by atoms with Crippen molar-refractivity contribution in [1.29, 1.82) is 0 Å². The Morgan fingerprint density at radius 2 is 0.795 bits per heavy atom. The van der Waals surface area contributed by atoms with Crippen LogP contribution in [-0.4, -0.2) is 15.0 Å². The molecule has 0 saturated heterocycles. The molecule has 3 nitrogen and oxygen atoms in total. The maximum Gasteiger partial charge on any atom is 0.0894 e. The van der Waals surface area contributed by atoms with Crippen LogP contribution >= 0.6 is 0 Å². The van der Waals surface area contributed by atoms with Crippen LogP contribution < -0.4 is 0 Å². The molecule has 0 aliphatic carbocycles. The number of hydrogen-bond acceptors (Lipinski definition) is 3. The highest BCUT2D eigenvalue weighted by atomic mass is 14.8. The number of hydrogen-bond donors (Lipinski definition) is 0. The lowest BCUT2D eigenvalue weighted by Gasteiger charge is -2.09. The van der Waals surface area contributed by atoms with E-state index in [2.05, 4.69) is 152 Å². The van der Waals surface area contributed by atoms with E-state index in [1.54, 1.807) is 0 Å². The Morgan fingerprint density at radius 1 is 0.295 bits per heavy atom. The lowest BCUT2D eigenvalue weighted by atomic mass is 10.00. The van der Waals surface area contributed by atoms with Crippen molar-refractivity contribution in [3.63, 3.8) is 0 Å². The summed E-state index contributed by atoms with van der Waals surface area (Å²) in [7, 11) is 0. The molecular formula is C41H25N3. The molecule has 0 saturated carbocycles. The average molecular weight is 560 g/mol. The standard InChI is InChI=1S/C41H25N3/c1-2-7-29-23-32(12-9-26(29)5-1)37-20-16-33-24-30(14-18-36(33)42-37)31-15-19-38-34(25-31)17-22-39(43-38)40-21-13-28-11-10-27-6-3-4-8-35(27)41(28)44-40/h1-25H. The minimum absolute atomic E-state index is 0.874. The first-order valence-electron chi connectivity index (χ1n) is 14.9. The van der Waals surface area contributed by atoms with Gasteiger partial charge in [0, 0.05) is 27.1 Å². The number of nitrogens with zero attached hydrogens (tertiary/aromatic N) is 3. The second-order valence-electron chi connectivity index (χ2n) is 11.3. The molecule has 0 aliphatic heterocycles. The predicted molar refractivity (Wildman–Crippen MR) is 184 cm³/mol. The summed E-state index contributed by atoms with van der Waals surface area (Å²) in [5.74, 6) is 0. The first-order valence-corrected chi connectivity index (χ1v) is 14.9. The van der Waals surface area contributed by atoms with E-state index in [4.69, 9.17) is 15.0 Å². The molecule has 0 spiro atoms. The predicted octanol–water partition coefficient (Wildman–Crippen LogP) is 10.6. The molecule has 9 rings (SSSR count). The van der Waals surface area contributed by atoms with Crippen LogP contribution in [0, 0.1) is 0 Å². The van der Waals surface area contributed by atoms with Crippen LogP contribution in [0.1, 0.15) is 0 Å². The van der Waals surface area contributed by atoms with Crippen LogP contribution in [0.4, 0.5) is 0 Å². The number of aromatic nitrogens is 3. The van der Waals surface area contributed by atoms with Crippen molar-refractivity contribution in [1.82, 2.24) is 15.0 Å². The molecule has 204 valence electrons. The van der Waals surface area contributed by atoms with Gasteiger partial charge in [-0.3, -0.25) is 0 Å². The van der Waals surface area contributed by atoms with Crippen LogP contribution in [0.25, 0.3) is 88.0 Å². The first-order chi connectivity index (χ1) is 21.7. The molecule has 0 radical (unpaired) electrons. The lowest BCUT2D eigenvalue weighted by molar-refractivity contribution is 1.32. The van der Waals surface area contributed by atoms with Gasteiger partial charge < -0.3 is 0 Å². The topological polar surface area (TPSA) is 38.7 Å². The van der Waals surface area contributed by atoms with E-state index < -0.39 is 0 Å². The summed E-state index contributed by atoms with van der Waals surface area (Å²) in [5, 5.41) is 8.17. The molecule has 0 N–H and O–H groups in total. The molecule has 0 bridgehead atoms. The summed E-state index contributed by atoms with van der Waals surface area (Å²) in [4.78, 5) is 15.0. The minimum atomic E-state index is 0.874. The quantitative estimate of drug-likeness (QED) is 0.202. The van der Waals surface area contributed by atoms with Crippen LogP contribution in [-0.2, 0) is 0 Å². The van der Waals surface area contributed by atoms with Crippen LogP contribution in [0.15, 0.2) is 152 Å². The van der Waals surface area contributed by atoms with Gasteiger partial charge >= 0.3 is 0 Å². The molecular weight excluding hydrogens is 534 g/mol. The normalized spacial score (nSPS) is 11.6. The summed E-state index contributed by atoms with van der Waals surface area (Å²) in [5.41, 5.74) is 9.13. The fourth-order valence-corrected chi connectivity index (χ4v) is 6.26. The molecule has 0 atom stereocenters. The summed E-state index contributed by atoms with van der Waals surface area (Å²) >= 11 is 0. The van der Waals surface area contributed by atoms with Gasteiger partial charge in [0.15, 0.2) is 0 Å². The van der Waals surface area contributed by atoms with Gasteiger partial charge in [-0.1, -0.05) is 103 Å². The first kappa shape index (κ1) is 24.6. The number of benzene rings is 6. The molecule has 0 fully saturated rings. The summed E-state index contributed by atoms with van der Waals surface area (Å²) < 4.78 is 0. The fourth-order valence-electron chi connectivity index (χ4n) is 6.26. The third-order valence-electron chi connectivity index (χ3n) is 8.60. The zero-order valence-electron chi connectivity index (χ0n) is 23.8. The van der Waals surface area contributed by atoms with Gasteiger partial charge in [0.05, 0.1) is 33.6 Å². The van der Waals surface area contributed by atoms with E-state index in [9.17, 15) is 0 Å². The molecule has 0 amide bonds. The molecule has 3 aromatic heterocycles. The van der Waals surface area contributed by atoms with E-state index in [1.165, 1.54) is 16.2 Å². The van der Waals surface area contributed by atoms with Crippen LogP contribution in [0.5, 0.6) is 0 Å². The highest BCUT2D eigenvalue weighted by molar-refractivity contribution is 6.05. The summed E-state index contributed by atoms with van der Waals surface area (Å²) in [6.45, 7) is 0. The second-order valence-corrected chi connectivity index (χ2v) is 11.3. The van der Waals surface area contributed by atoms with E-state index in [0.717, 1.165) is 71.9 Å². The molecule has 9 aromatic rings. The number of fused-ring (bicyclic) bond motifs is 6. The Kier molecular flexibility index (Phi) is 5.50. The maximum absolute atomic E-state index is 5.04. The zero-order chi connectivity index (χ0) is 29.0. The molecule has 6 aromatic carbocycles. The van der Waals surface area contributed by atoms with Crippen molar-refractivity contribution < 1.29 is 0 Å². The Labute approximate surface area is 254 Å². The SMILES string of the molecule is c1ccc2cc(-c3ccc4cc(-c5ccc6nc(-c7ccc8ccc9ccccc9c8n7)ccc6c5)ccc4n3)ccc2c1. The number of rotatable bonds is 3. The van der Waals surface area contributed by atoms with Crippen molar-refractivity contribution in [2.75, 3.05) is 0 Å². The van der Waals surface area contributed by atoms with Gasteiger partial charge in [0.1, 0.15) is 0 Å². The molecule has 3 heteroatoms. The van der Waals surface area contributed by atoms with Crippen molar-refractivity contribution >= 4 is 54.3 Å². The Balaban J connectivity index is 1.04. The van der Waals surface area contributed by atoms with Crippen molar-refractivity contribution in [3.05, 3.63) is 152 Å². The molecule has 44 heavy (non-hydrogen) atoms. The smallest absolute Gasteiger partial charge is 0.0894 e. The average Bonchev–Trinajstić information content (AvgIpc) is 3.10. The van der Waals surface area contributed by atoms with Gasteiger partial charge in [-0.15, -0.1) is 0 Å². The third-order valence-corrected chi connectivity index (χ3v) is 8.60. The largest absolute Gasteiger partial charge is 0.248 e. The number of pyridine rings is 3. The molecule has 0 unspecified atom stereocenters. The zero-order valence-corrected chi connectivity index (χ0v) is 23.8. The summed E-state index contributed by atoms with van der Waals surface area (Å²) in [6.07, 6.45) is 0. The van der Waals surface area contributed by atoms with Gasteiger partial charge in [-0.05, 0) is 75.8 Å². The van der Waals surface area contributed by atoms with Crippen LogP contribution in [0.3, 0.4) is 0 Å². The van der Waals surface area contributed by atoms with Crippen LogP contribution in [0.2, 0.25) is 0 Å². The Morgan fingerprint density at radius 3 is 1.57 bits per heavy atom. The second kappa shape index (κ2) is 9.82. The lowest BCUT2D eigenvalue weighted by Crippen LogP contribution is -1.91. The molecule has 3 heterocycles.